The summed E-state index contributed by atoms with van der Waals surface area (Å²) in [6.07, 6.45) is -3.99. The summed E-state index contributed by atoms with van der Waals surface area (Å²) in [6, 6.07) is 31.9. The van der Waals surface area contributed by atoms with Crippen LogP contribution >= 0.6 is 0 Å². The predicted molar refractivity (Wildman–Crippen MR) is 156 cm³/mol. The second kappa shape index (κ2) is 12.7. The Labute approximate surface area is 243 Å². The van der Waals surface area contributed by atoms with E-state index >= 15 is 0 Å². The van der Waals surface area contributed by atoms with Gasteiger partial charge in [-0.3, -0.25) is 9.59 Å². The summed E-state index contributed by atoms with van der Waals surface area (Å²) >= 11 is 0. The van der Waals surface area contributed by atoms with Gasteiger partial charge in [0, 0.05) is 31.1 Å². The first-order chi connectivity index (χ1) is 20.2. The van der Waals surface area contributed by atoms with E-state index in [4.69, 9.17) is 0 Å². The van der Waals surface area contributed by atoms with Gasteiger partial charge in [-0.1, -0.05) is 91.0 Å². The standard InChI is InChI=1S/C34H32F3N3O2/c35-34(36,37)29-16-8-12-26(18-29)22-39-23-31(41)33(19-30(33)27-13-5-2-6-14-27)40-32(42)28-15-7-11-25(17-28)21-38-20-24-9-3-1-4-10-24/h1-18,30,38-39H,19-23H2,(H,40,42). The van der Waals surface area contributed by atoms with E-state index in [1.54, 1.807) is 12.1 Å². The van der Waals surface area contributed by atoms with Crippen molar-refractivity contribution in [2.45, 2.75) is 43.7 Å². The Morgan fingerprint density at radius 2 is 1.31 bits per heavy atom. The molecule has 5 nitrogen and oxygen atoms in total. The molecule has 42 heavy (non-hydrogen) atoms. The molecule has 216 valence electrons. The summed E-state index contributed by atoms with van der Waals surface area (Å²) in [5, 5.41) is 9.39. The van der Waals surface area contributed by atoms with Gasteiger partial charge in [0.05, 0.1) is 12.1 Å². The molecule has 1 fully saturated rings. The molecule has 2 atom stereocenters. The molecule has 0 spiro atoms. The van der Waals surface area contributed by atoms with Gasteiger partial charge in [-0.05, 0) is 46.9 Å². The summed E-state index contributed by atoms with van der Waals surface area (Å²) in [4.78, 5) is 27.0. The average Bonchev–Trinajstić information content (AvgIpc) is 3.73. The third-order valence-corrected chi connectivity index (χ3v) is 7.56. The van der Waals surface area contributed by atoms with Crippen LogP contribution in [0, 0.1) is 0 Å². The molecule has 3 N–H and O–H groups in total. The maximum atomic E-state index is 13.6. The molecule has 5 rings (SSSR count). The van der Waals surface area contributed by atoms with Crippen LogP contribution < -0.4 is 16.0 Å². The van der Waals surface area contributed by atoms with Gasteiger partial charge in [0.25, 0.3) is 5.91 Å². The monoisotopic (exact) mass is 571 g/mol. The van der Waals surface area contributed by atoms with E-state index in [2.05, 4.69) is 16.0 Å². The number of Topliss-reactive ketones (excluding diaryl/α,β-unsaturated/α-hetero) is 1. The number of amides is 1. The van der Waals surface area contributed by atoms with E-state index in [1.807, 2.05) is 78.9 Å². The normalized spacial score (nSPS) is 17.9. The van der Waals surface area contributed by atoms with Gasteiger partial charge in [0.15, 0.2) is 5.78 Å². The summed E-state index contributed by atoms with van der Waals surface area (Å²) in [6.45, 7) is 1.27. The summed E-state index contributed by atoms with van der Waals surface area (Å²) in [5.41, 5.74) is 2.09. The molecule has 8 heteroatoms. The van der Waals surface area contributed by atoms with Crippen molar-refractivity contribution >= 4 is 11.7 Å². The van der Waals surface area contributed by atoms with Gasteiger partial charge in [0.1, 0.15) is 5.54 Å². The first kappa shape index (κ1) is 29.2. The number of hydrogen-bond acceptors (Lipinski definition) is 4. The molecule has 1 aliphatic rings. The SMILES string of the molecule is O=C(NC1(C(=O)CNCc2cccc(C(F)(F)F)c2)CC1c1ccccc1)c1cccc(CNCc2ccccc2)c1. The van der Waals surface area contributed by atoms with Crippen LogP contribution in [0.4, 0.5) is 13.2 Å². The van der Waals surface area contributed by atoms with E-state index < -0.39 is 17.3 Å². The zero-order valence-electron chi connectivity index (χ0n) is 23.0. The Morgan fingerprint density at radius 1 is 0.714 bits per heavy atom. The number of benzene rings is 4. The van der Waals surface area contributed by atoms with Crippen LogP contribution in [0.3, 0.4) is 0 Å². The number of carbonyl (C=O) groups is 2. The van der Waals surface area contributed by atoms with Crippen molar-refractivity contribution in [3.63, 3.8) is 0 Å². The minimum Gasteiger partial charge on any atom is -0.339 e. The van der Waals surface area contributed by atoms with Gasteiger partial charge < -0.3 is 16.0 Å². The predicted octanol–water partition coefficient (Wildman–Crippen LogP) is 6.01. The van der Waals surface area contributed by atoms with Crippen molar-refractivity contribution < 1.29 is 22.8 Å². The molecule has 1 aliphatic carbocycles. The third-order valence-electron chi connectivity index (χ3n) is 7.56. The van der Waals surface area contributed by atoms with Crippen LogP contribution in [0.1, 0.15) is 50.5 Å². The number of alkyl halides is 3. The number of rotatable bonds is 12. The summed E-state index contributed by atoms with van der Waals surface area (Å²) < 4.78 is 39.3. The summed E-state index contributed by atoms with van der Waals surface area (Å²) in [5.74, 6) is -0.747. The molecule has 0 radical (unpaired) electrons. The minimum atomic E-state index is -4.44. The lowest BCUT2D eigenvalue weighted by molar-refractivity contribution is -0.137. The summed E-state index contributed by atoms with van der Waals surface area (Å²) in [7, 11) is 0. The Bertz CT molecular complexity index is 1530. The van der Waals surface area contributed by atoms with Crippen molar-refractivity contribution in [3.8, 4) is 0 Å². The maximum absolute atomic E-state index is 13.6. The van der Waals surface area contributed by atoms with Gasteiger partial charge >= 0.3 is 6.18 Å². The molecule has 0 heterocycles. The quantitative estimate of drug-likeness (QED) is 0.195. The molecule has 4 aromatic carbocycles. The van der Waals surface area contributed by atoms with Crippen molar-refractivity contribution in [1.82, 2.24) is 16.0 Å². The Kier molecular flexibility index (Phi) is 8.85. The fourth-order valence-electron chi connectivity index (χ4n) is 5.25. The van der Waals surface area contributed by atoms with Gasteiger partial charge in [-0.15, -0.1) is 0 Å². The fourth-order valence-corrected chi connectivity index (χ4v) is 5.25. The van der Waals surface area contributed by atoms with E-state index in [-0.39, 0.29) is 30.7 Å². The second-order valence-electron chi connectivity index (χ2n) is 10.6. The Balaban J connectivity index is 1.25. The van der Waals surface area contributed by atoms with E-state index in [9.17, 15) is 22.8 Å². The first-order valence-corrected chi connectivity index (χ1v) is 13.9. The highest BCUT2D eigenvalue weighted by molar-refractivity contribution is 6.03. The zero-order chi connectivity index (χ0) is 29.6. The highest BCUT2D eigenvalue weighted by atomic mass is 19.4. The van der Waals surface area contributed by atoms with E-state index in [0.29, 0.717) is 30.6 Å². The lowest BCUT2D eigenvalue weighted by atomic mass is 10.0. The Hall–Kier alpha value is -4.27. The van der Waals surface area contributed by atoms with Gasteiger partial charge in [-0.25, -0.2) is 0 Å². The number of halogens is 3. The lowest BCUT2D eigenvalue weighted by Crippen LogP contribution is -2.48. The van der Waals surface area contributed by atoms with Crippen molar-refractivity contribution in [1.29, 1.82) is 0 Å². The fraction of sp³-hybridized carbons (Fsp3) is 0.235. The second-order valence-corrected chi connectivity index (χ2v) is 10.6. The number of ketones is 1. The maximum Gasteiger partial charge on any atom is 0.416 e. The molecule has 2 unspecified atom stereocenters. The first-order valence-electron chi connectivity index (χ1n) is 13.9. The molecular weight excluding hydrogens is 539 g/mol. The molecule has 0 saturated heterocycles. The van der Waals surface area contributed by atoms with Crippen molar-refractivity contribution in [2.24, 2.45) is 0 Å². The van der Waals surface area contributed by atoms with Crippen molar-refractivity contribution in [2.75, 3.05) is 6.54 Å². The van der Waals surface area contributed by atoms with Gasteiger partial charge in [-0.2, -0.15) is 13.2 Å². The van der Waals surface area contributed by atoms with E-state index in [1.165, 1.54) is 6.07 Å². The van der Waals surface area contributed by atoms with Crippen LogP contribution in [-0.4, -0.2) is 23.8 Å². The largest absolute Gasteiger partial charge is 0.416 e. The molecule has 0 aromatic heterocycles. The topological polar surface area (TPSA) is 70.2 Å². The van der Waals surface area contributed by atoms with Crippen LogP contribution in [-0.2, 0) is 30.6 Å². The zero-order valence-corrected chi connectivity index (χ0v) is 23.0. The molecular formula is C34H32F3N3O2. The molecule has 0 aliphatic heterocycles. The highest BCUT2D eigenvalue weighted by Gasteiger charge is 2.60. The van der Waals surface area contributed by atoms with Crippen LogP contribution in [0.15, 0.2) is 109 Å². The highest BCUT2D eigenvalue weighted by Crippen LogP contribution is 2.52. The average molecular weight is 572 g/mol. The van der Waals surface area contributed by atoms with E-state index in [0.717, 1.165) is 28.8 Å². The van der Waals surface area contributed by atoms with Gasteiger partial charge in [0.2, 0.25) is 0 Å². The molecule has 1 saturated carbocycles. The van der Waals surface area contributed by atoms with Crippen LogP contribution in [0.2, 0.25) is 0 Å². The number of hydrogen-bond donors (Lipinski definition) is 3. The minimum absolute atomic E-state index is 0.0910. The number of nitrogens with one attached hydrogen (secondary N) is 3. The molecule has 1 amide bonds. The Morgan fingerprint density at radius 3 is 2.02 bits per heavy atom. The molecule has 0 bridgehead atoms. The van der Waals surface area contributed by atoms with Crippen LogP contribution in [0.5, 0.6) is 0 Å². The smallest absolute Gasteiger partial charge is 0.339 e. The lowest BCUT2D eigenvalue weighted by Gasteiger charge is -2.20. The van der Waals surface area contributed by atoms with Crippen LogP contribution in [0.25, 0.3) is 0 Å². The number of carbonyl (C=O) groups excluding carboxylic acids is 2. The third kappa shape index (κ3) is 7.13. The van der Waals surface area contributed by atoms with Crippen molar-refractivity contribution in [3.05, 3.63) is 143 Å². The molecule has 4 aromatic rings.